The minimum atomic E-state index is -2.68. The lowest BCUT2D eigenvalue weighted by molar-refractivity contribution is 0.133. The SMILES string of the molecule is Cl.NC(/C=C/F)C(F)F. The van der Waals surface area contributed by atoms with E-state index in [9.17, 15) is 13.2 Å². The molecule has 0 fully saturated rings. The lowest BCUT2D eigenvalue weighted by Gasteiger charge is -2.00. The van der Waals surface area contributed by atoms with Gasteiger partial charge in [0.15, 0.2) is 0 Å². The summed E-state index contributed by atoms with van der Waals surface area (Å²) < 4.78 is 33.6. The van der Waals surface area contributed by atoms with E-state index in [0.29, 0.717) is 6.08 Å². The monoisotopic (exact) mass is 161 g/mol. The van der Waals surface area contributed by atoms with Crippen molar-refractivity contribution in [1.29, 1.82) is 0 Å². The second-order valence-electron chi connectivity index (χ2n) is 1.23. The van der Waals surface area contributed by atoms with Gasteiger partial charge in [-0.25, -0.2) is 13.2 Å². The summed E-state index contributed by atoms with van der Waals surface area (Å²) in [4.78, 5) is 0. The number of nitrogens with two attached hydrogens (primary N) is 1. The fourth-order valence-electron chi connectivity index (χ4n) is 0.168. The summed E-state index contributed by atoms with van der Waals surface area (Å²) in [5.74, 6) is 0. The highest BCUT2D eigenvalue weighted by atomic mass is 35.5. The Bertz CT molecular complexity index is 85.9. The van der Waals surface area contributed by atoms with E-state index in [-0.39, 0.29) is 18.7 Å². The molecule has 0 rings (SSSR count). The molecule has 0 aliphatic carbocycles. The summed E-state index contributed by atoms with van der Waals surface area (Å²) >= 11 is 0. The van der Waals surface area contributed by atoms with Gasteiger partial charge in [-0.05, 0) is 6.08 Å². The first-order valence-electron chi connectivity index (χ1n) is 1.99. The maximum Gasteiger partial charge on any atom is 0.257 e. The van der Waals surface area contributed by atoms with E-state index in [1.807, 2.05) is 0 Å². The third-order valence-corrected chi connectivity index (χ3v) is 0.586. The minimum absolute atomic E-state index is 0. The van der Waals surface area contributed by atoms with E-state index in [1.165, 1.54) is 0 Å². The Labute approximate surface area is 57.1 Å². The first-order chi connectivity index (χ1) is 3.68. The van der Waals surface area contributed by atoms with Crippen molar-refractivity contribution in [3.05, 3.63) is 12.4 Å². The Balaban J connectivity index is 0. The van der Waals surface area contributed by atoms with Crippen LogP contribution in [0.2, 0.25) is 0 Å². The van der Waals surface area contributed by atoms with Gasteiger partial charge in [-0.2, -0.15) is 0 Å². The van der Waals surface area contributed by atoms with Gasteiger partial charge in [0.1, 0.15) is 0 Å². The second-order valence-corrected chi connectivity index (χ2v) is 1.23. The van der Waals surface area contributed by atoms with Crippen LogP contribution in [0.5, 0.6) is 0 Å². The van der Waals surface area contributed by atoms with Crippen LogP contribution < -0.4 is 5.73 Å². The zero-order chi connectivity index (χ0) is 6.57. The molecule has 56 valence electrons. The van der Waals surface area contributed by atoms with Gasteiger partial charge >= 0.3 is 0 Å². The summed E-state index contributed by atoms with van der Waals surface area (Å²) in [6, 6.07) is -1.47. The molecule has 9 heavy (non-hydrogen) atoms. The molecule has 0 heterocycles. The van der Waals surface area contributed by atoms with E-state index in [0.717, 1.165) is 0 Å². The average molecular weight is 162 g/mol. The highest BCUT2D eigenvalue weighted by Gasteiger charge is 2.09. The first kappa shape index (κ1) is 11.6. The van der Waals surface area contributed by atoms with Crippen LogP contribution in [-0.2, 0) is 0 Å². The number of alkyl halides is 2. The maximum atomic E-state index is 11.3. The maximum absolute atomic E-state index is 11.3. The zero-order valence-electron chi connectivity index (χ0n) is 4.43. The molecule has 1 unspecified atom stereocenters. The third kappa shape index (κ3) is 5.65. The van der Waals surface area contributed by atoms with E-state index < -0.39 is 12.5 Å². The Kier molecular flexibility index (Phi) is 7.59. The molecule has 1 atom stereocenters. The van der Waals surface area contributed by atoms with Crippen molar-refractivity contribution in [2.75, 3.05) is 0 Å². The Morgan fingerprint density at radius 2 is 1.78 bits per heavy atom. The summed E-state index contributed by atoms with van der Waals surface area (Å²) in [7, 11) is 0. The van der Waals surface area contributed by atoms with Crippen molar-refractivity contribution >= 4 is 12.4 Å². The van der Waals surface area contributed by atoms with Gasteiger partial charge in [0.2, 0.25) is 0 Å². The molecule has 0 spiro atoms. The molecular weight excluding hydrogens is 154 g/mol. The number of halogens is 4. The molecule has 0 aliphatic rings. The molecular formula is C4H7ClF3N. The summed E-state index contributed by atoms with van der Waals surface area (Å²) in [6.07, 6.45) is -2.07. The molecule has 5 heteroatoms. The summed E-state index contributed by atoms with van der Waals surface area (Å²) in [5, 5.41) is 0. The lowest BCUT2D eigenvalue weighted by Crippen LogP contribution is -2.25. The van der Waals surface area contributed by atoms with Crippen LogP contribution in [-0.4, -0.2) is 12.5 Å². The van der Waals surface area contributed by atoms with Crippen LogP contribution in [0.4, 0.5) is 13.2 Å². The molecule has 0 saturated heterocycles. The van der Waals surface area contributed by atoms with Crippen molar-refractivity contribution < 1.29 is 13.2 Å². The zero-order valence-corrected chi connectivity index (χ0v) is 5.25. The van der Waals surface area contributed by atoms with Crippen molar-refractivity contribution in [1.82, 2.24) is 0 Å². The third-order valence-electron chi connectivity index (χ3n) is 0.586. The molecule has 2 N–H and O–H groups in total. The largest absolute Gasteiger partial charge is 0.320 e. The van der Waals surface area contributed by atoms with E-state index in [4.69, 9.17) is 0 Å². The molecule has 0 bridgehead atoms. The molecule has 0 radical (unpaired) electrons. The minimum Gasteiger partial charge on any atom is -0.320 e. The van der Waals surface area contributed by atoms with Crippen LogP contribution >= 0.6 is 12.4 Å². The van der Waals surface area contributed by atoms with Crippen LogP contribution in [0, 0.1) is 0 Å². The van der Waals surface area contributed by atoms with Gasteiger partial charge in [-0.3, -0.25) is 0 Å². The van der Waals surface area contributed by atoms with Gasteiger partial charge in [0, 0.05) is 0 Å². The number of hydrogen-bond donors (Lipinski definition) is 1. The Morgan fingerprint density at radius 1 is 1.33 bits per heavy atom. The van der Waals surface area contributed by atoms with Crippen molar-refractivity contribution in [2.45, 2.75) is 12.5 Å². The van der Waals surface area contributed by atoms with Gasteiger partial charge < -0.3 is 5.73 Å². The highest BCUT2D eigenvalue weighted by molar-refractivity contribution is 5.85. The Hall–Kier alpha value is -0.220. The quantitative estimate of drug-likeness (QED) is 0.653. The normalized spacial score (nSPS) is 13.9. The van der Waals surface area contributed by atoms with Gasteiger partial charge in [-0.1, -0.05) is 0 Å². The standard InChI is InChI=1S/C4H6F3N.ClH/c5-2-1-3(8)4(6)7;/h1-4H,8H2;1H/b2-1+;. The molecule has 0 aromatic heterocycles. The Morgan fingerprint density at radius 3 is 1.89 bits per heavy atom. The number of hydrogen-bond acceptors (Lipinski definition) is 1. The fraction of sp³-hybridized carbons (Fsp3) is 0.500. The van der Waals surface area contributed by atoms with E-state index in [1.54, 1.807) is 0 Å². The number of rotatable bonds is 2. The first-order valence-corrected chi connectivity index (χ1v) is 1.99. The van der Waals surface area contributed by atoms with Crippen LogP contribution in [0.25, 0.3) is 0 Å². The molecule has 1 nitrogen and oxygen atoms in total. The average Bonchev–Trinajstić information content (AvgIpc) is 1.67. The predicted octanol–water partition coefficient (Wildman–Crippen LogP) is 1.48. The second kappa shape index (κ2) is 5.91. The van der Waals surface area contributed by atoms with Gasteiger partial charge in [-0.15, -0.1) is 12.4 Å². The van der Waals surface area contributed by atoms with E-state index >= 15 is 0 Å². The predicted molar refractivity (Wildman–Crippen MR) is 31.5 cm³/mol. The fourth-order valence-corrected chi connectivity index (χ4v) is 0.168. The summed E-state index contributed by atoms with van der Waals surface area (Å²) in [6.45, 7) is 0. The smallest absolute Gasteiger partial charge is 0.257 e. The molecule has 0 aliphatic heterocycles. The van der Waals surface area contributed by atoms with Crippen molar-refractivity contribution in [2.24, 2.45) is 5.73 Å². The molecule has 0 aromatic rings. The van der Waals surface area contributed by atoms with Crippen LogP contribution in [0.1, 0.15) is 0 Å². The van der Waals surface area contributed by atoms with Crippen molar-refractivity contribution in [3.63, 3.8) is 0 Å². The summed E-state index contributed by atoms with van der Waals surface area (Å²) in [5.41, 5.74) is 4.65. The van der Waals surface area contributed by atoms with Crippen LogP contribution in [0.15, 0.2) is 12.4 Å². The van der Waals surface area contributed by atoms with Gasteiger partial charge in [0.05, 0.1) is 12.4 Å². The lowest BCUT2D eigenvalue weighted by atomic mass is 10.3. The molecule has 0 saturated carbocycles. The highest BCUT2D eigenvalue weighted by Crippen LogP contribution is 1.98. The topological polar surface area (TPSA) is 26.0 Å². The van der Waals surface area contributed by atoms with Gasteiger partial charge in [0.25, 0.3) is 6.43 Å². The molecule has 0 amide bonds. The van der Waals surface area contributed by atoms with Crippen LogP contribution in [0.3, 0.4) is 0 Å². The molecule has 0 aromatic carbocycles. The van der Waals surface area contributed by atoms with E-state index in [2.05, 4.69) is 5.73 Å². The van der Waals surface area contributed by atoms with Crippen molar-refractivity contribution in [3.8, 4) is 0 Å².